The van der Waals surface area contributed by atoms with Crippen LogP contribution in [0.15, 0.2) is 29.6 Å². The Morgan fingerprint density at radius 2 is 2.05 bits per heavy atom. The van der Waals surface area contributed by atoms with Gasteiger partial charge in [-0.3, -0.25) is 9.78 Å². The number of carbonyl (C=O) groups is 2. The molecule has 2 aromatic rings. The van der Waals surface area contributed by atoms with Crippen LogP contribution in [0, 0.1) is 13.8 Å². The van der Waals surface area contributed by atoms with Gasteiger partial charge in [0.25, 0.3) is 5.91 Å². The Morgan fingerprint density at radius 3 is 2.60 bits per heavy atom. The average molecular weight is 290 g/mol. The molecule has 0 bridgehead atoms. The van der Waals surface area contributed by atoms with E-state index >= 15 is 0 Å². The van der Waals surface area contributed by atoms with Gasteiger partial charge in [0.1, 0.15) is 0 Å². The number of carbonyl (C=O) groups excluding carboxylic acids is 1. The predicted octanol–water partition coefficient (Wildman–Crippen LogP) is 2.32. The van der Waals surface area contributed by atoms with Gasteiger partial charge in [0.2, 0.25) is 0 Å². The third-order valence-corrected chi connectivity index (χ3v) is 3.76. The van der Waals surface area contributed by atoms with Crippen molar-refractivity contribution < 1.29 is 14.7 Å². The van der Waals surface area contributed by atoms with Crippen molar-refractivity contribution in [2.75, 3.05) is 0 Å². The molecule has 0 aliphatic carbocycles. The maximum Gasteiger partial charge on any atom is 0.331 e. The topological polar surface area (TPSA) is 79.3 Å². The molecular formula is C14H14N2O3S. The van der Waals surface area contributed by atoms with E-state index in [2.05, 4.69) is 10.3 Å². The molecule has 1 amide bonds. The van der Waals surface area contributed by atoms with Crippen LogP contribution in [-0.2, 0) is 4.79 Å². The summed E-state index contributed by atoms with van der Waals surface area (Å²) < 4.78 is 0. The van der Waals surface area contributed by atoms with Gasteiger partial charge in [0, 0.05) is 10.6 Å². The fourth-order valence-electron chi connectivity index (χ4n) is 1.85. The van der Waals surface area contributed by atoms with Crippen molar-refractivity contribution in [1.29, 1.82) is 0 Å². The first-order valence-electron chi connectivity index (χ1n) is 6.00. The summed E-state index contributed by atoms with van der Waals surface area (Å²) in [5.41, 5.74) is 1.78. The third kappa shape index (κ3) is 3.03. The van der Waals surface area contributed by atoms with Gasteiger partial charge in [-0.25, -0.2) is 4.79 Å². The zero-order valence-electron chi connectivity index (χ0n) is 11.1. The van der Waals surface area contributed by atoms with Crippen molar-refractivity contribution in [3.8, 4) is 0 Å². The third-order valence-electron chi connectivity index (χ3n) is 2.82. The molecule has 2 heterocycles. The smallest absolute Gasteiger partial charge is 0.331 e. The highest BCUT2D eigenvalue weighted by Crippen LogP contribution is 2.20. The highest BCUT2D eigenvalue weighted by atomic mass is 32.1. The Kier molecular flexibility index (Phi) is 4.14. The molecule has 2 rings (SSSR count). The maximum atomic E-state index is 12.2. The number of carboxylic acids is 1. The monoisotopic (exact) mass is 290 g/mol. The van der Waals surface area contributed by atoms with Crippen molar-refractivity contribution in [2.45, 2.75) is 19.9 Å². The van der Waals surface area contributed by atoms with Crippen LogP contribution in [0.4, 0.5) is 0 Å². The second kappa shape index (κ2) is 5.83. The fraction of sp³-hybridized carbons (Fsp3) is 0.214. The van der Waals surface area contributed by atoms with Crippen molar-refractivity contribution >= 4 is 23.2 Å². The molecule has 2 aromatic heterocycles. The molecule has 1 unspecified atom stereocenters. The van der Waals surface area contributed by atoms with E-state index in [0.717, 1.165) is 5.69 Å². The lowest BCUT2D eigenvalue weighted by molar-refractivity contribution is -0.139. The van der Waals surface area contributed by atoms with Crippen molar-refractivity contribution in [3.05, 3.63) is 51.5 Å². The van der Waals surface area contributed by atoms with E-state index in [-0.39, 0.29) is 0 Å². The van der Waals surface area contributed by atoms with Crippen LogP contribution in [0.25, 0.3) is 0 Å². The maximum absolute atomic E-state index is 12.2. The first-order chi connectivity index (χ1) is 9.49. The molecule has 20 heavy (non-hydrogen) atoms. The Balaban J connectivity index is 2.23. The molecular weight excluding hydrogens is 276 g/mol. The second-order valence-electron chi connectivity index (χ2n) is 4.35. The van der Waals surface area contributed by atoms with Gasteiger partial charge in [-0.2, -0.15) is 0 Å². The minimum Gasteiger partial charge on any atom is -0.479 e. The van der Waals surface area contributed by atoms with Gasteiger partial charge in [0.05, 0.1) is 11.3 Å². The molecule has 0 aliphatic rings. The Labute approximate surface area is 120 Å². The number of hydrogen-bond donors (Lipinski definition) is 2. The largest absolute Gasteiger partial charge is 0.479 e. The lowest BCUT2D eigenvalue weighted by Crippen LogP contribution is -2.33. The normalized spacial score (nSPS) is 11.9. The molecule has 104 valence electrons. The molecule has 2 N–H and O–H groups in total. The van der Waals surface area contributed by atoms with E-state index in [4.69, 9.17) is 0 Å². The minimum absolute atomic E-state index is 0.387. The van der Waals surface area contributed by atoms with Gasteiger partial charge in [-0.05, 0) is 37.4 Å². The fourth-order valence-corrected chi connectivity index (χ4v) is 2.61. The molecule has 0 aromatic carbocycles. The van der Waals surface area contributed by atoms with Crippen LogP contribution in [0.3, 0.4) is 0 Å². The van der Waals surface area contributed by atoms with E-state index in [1.165, 1.54) is 11.3 Å². The second-order valence-corrected chi connectivity index (χ2v) is 5.33. The molecule has 6 heteroatoms. The number of nitrogens with one attached hydrogen (secondary N) is 1. The number of amides is 1. The van der Waals surface area contributed by atoms with E-state index in [0.29, 0.717) is 16.1 Å². The number of aryl methyl sites for hydroxylation is 2. The van der Waals surface area contributed by atoms with Crippen LogP contribution in [0.1, 0.15) is 32.7 Å². The number of rotatable bonds is 4. The summed E-state index contributed by atoms with van der Waals surface area (Å²) in [7, 11) is 0. The Morgan fingerprint density at radius 1 is 1.30 bits per heavy atom. The predicted molar refractivity (Wildman–Crippen MR) is 75.9 cm³/mol. The molecule has 0 spiro atoms. The lowest BCUT2D eigenvalue weighted by atomic mass is 10.1. The number of pyridine rings is 1. The standard InChI is InChI=1S/C14H14N2O3S/c1-8-5-6-10(9(2)15-8)13(17)16-12(14(18)19)11-4-3-7-20-11/h3-7,12H,1-2H3,(H,16,17)(H,18,19). The highest BCUT2D eigenvalue weighted by molar-refractivity contribution is 7.10. The molecule has 5 nitrogen and oxygen atoms in total. The summed E-state index contributed by atoms with van der Waals surface area (Å²) in [5.74, 6) is -1.52. The van der Waals surface area contributed by atoms with Gasteiger partial charge in [-0.15, -0.1) is 11.3 Å². The van der Waals surface area contributed by atoms with E-state index in [9.17, 15) is 14.7 Å². The van der Waals surface area contributed by atoms with Crippen LogP contribution >= 0.6 is 11.3 Å². The number of nitrogens with zero attached hydrogens (tertiary/aromatic N) is 1. The van der Waals surface area contributed by atoms with Crippen molar-refractivity contribution in [1.82, 2.24) is 10.3 Å². The summed E-state index contributed by atoms with van der Waals surface area (Å²) in [4.78, 5) is 28.2. The molecule has 0 saturated carbocycles. The van der Waals surface area contributed by atoms with E-state index in [1.54, 1.807) is 36.6 Å². The first-order valence-corrected chi connectivity index (χ1v) is 6.88. The van der Waals surface area contributed by atoms with Gasteiger partial charge >= 0.3 is 5.97 Å². The van der Waals surface area contributed by atoms with Crippen molar-refractivity contribution in [2.24, 2.45) is 0 Å². The molecule has 0 aliphatic heterocycles. The van der Waals surface area contributed by atoms with Crippen molar-refractivity contribution in [3.63, 3.8) is 0 Å². The molecule has 0 fully saturated rings. The van der Waals surface area contributed by atoms with Crippen LogP contribution in [-0.4, -0.2) is 22.0 Å². The summed E-state index contributed by atoms with van der Waals surface area (Å²) in [5, 5.41) is 13.5. The lowest BCUT2D eigenvalue weighted by Gasteiger charge is -2.14. The van der Waals surface area contributed by atoms with Crippen LogP contribution in [0.5, 0.6) is 0 Å². The Hall–Kier alpha value is -2.21. The number of thiophene rings is 1. The average Bonchev–Trinajstić information content (AvgIpc) is 2.88. The van der Waals surface area contributed by atoms with Gasteiger partial charge < -0.3 is 10.4 Å². The summed E-state index contributed by atoms with van der Waals surface area (Å²) in [6.45, 7) is 3.56. The number of carboxylic acid groups (broad SMARTS) is 1. The zero-order valence-corrected chi connectivity index (χ0v) is 11.9. The van der Waals surface area contributed by atoms with Crippen LogP contribution < -0.4 is 5.32 Å². The van der Waals surface area contributed by atoms with E-state index in [1.807, 2.05) is 6.92 Å². The number of hydrogen-bond acceptors (Lipinski definition) is 4. The number of aliphatic carboxylic acids is 1. The summed E-state index contributed by atoms with van der Waals surface area (Å²) in [6, 6.07) is 5.77. The molecule has 1 atom stereocenters. The SMILES string of the molecule is Cc1ccc(C(=O)NC(C(=O)O)c2cccs2)c(C)n1. The van der Waals surface area contributed by atoms with Gasteiger partial charge in [-0.1, -0.05) is 6.07 Å². The van der Waals surface area contributed by atoms with Crippen LogP contribution in [0.2, 0.25) is 0 Å². The summed E-state index contributed by atoms with van der Waals surface area (Å²) >= 11 is 1.29. The zero-order chi connectivity index (χ0) is 14.7. The number of aromatic nitrogens is 1. The quantitative estimate of drug-likeness (QED) is 0.905. The van der Waals surface area contributed by atoms with E-state index < -0.39 is 17.9 Å². The summed E-state index contributed by atoms with van der Waals surface area (Å²) in [6.07, 6.45) is 0. The Bertz CT molecular complexity index is 638. The minimum atomic E-state index is -1.08. The molecule has 0 radical (unpaired) electrons. The first kappa shape index (κ1) is 14.2. The highest BCUT2D eigenvalue weighted by Gasteiger charge is 2.24. The molecule has 0 saturated heterocycles. The van der Waals surface area contributed by atoms with Gasteiger partial charge in [0.15, 0.2) is 6.04 Å².